The zero-order valence-electron chi connectivity index (χ0n) is 23.8. The summed E-state index contributed by atoms with van der Waals surface area (Å²) >= 11 is 1.53. The summed E-state index contributed by atoms with van der Waals surface area (Å²) in [5.74, 6) is -0.184. The van der Waals surface area contributed by atoms with Crippen LogP contribution in [0, 0.1) is 13.8 Å². The first-order valence-electron chi connectivity index (χ1n) is 14.0. The number of nitrogens with zero attached hydrogens (tertiary/aromatic N) is 4. The van der Waals surface area contributed by atoms with Gasteiger partial charge in [0.1, 0.15) is 0 Å². The van der Waals surface area contributed by atoms with Crippen molar-refractivity contribution in [2.45, 2.75) is 31.6 Å². The van der Waals surface area contributed by atoms with E-state index in [-0.39, 0.29) is 23.2 Å². The Morgan fingerprint density at radius 1 is 0.976 bits per heavy atom. The Hall–Kier alpha value is -3.02. The Kier molecular flexibility index (Phi) is 9.20. The van der Waals surface area contributed by atoms with Crippen LogP contribution in [0.2, 0.25) is 0 Å². The molecule has 1 aromatic heterocycles. The van der Waals surface area contributed by atoms with Gasteiger partial charge in [-0.05, 0) is 73.7 Å². The highest BCUT2D eigenvalue weighted by Crippen LogP contribution is 2.35. The van der Waals surface area contributed by atoms with E-state index in [9.17, 15) is 13.2 Å². The van der Waals surface area contributed by atoms with E-state index >= 15 is 0 Å². The number of thiazole rings is 1. The van der Waals surface area contributed by atoms with Gasteiger partial charge in [-0.2, -0.15) is 0 Å². The fourth-order valence-corrected chi connectivity index (χ4v) is 8.17. The van der Waals surface area contributed by atoms with Crippen LogP contribution in [0.5, 0.6) is 0 Å². The lowest BCUT2D eigenvalue weighted by Crippen LogP contribution is -2.39. The summed E-state index contributed by atoms with van der Waals surface area (Å²) in [6, 6.07) is 18.1. The van der Waals surface area contributed by atoms with Crippen molar-refractivity contribution >= 4 is 60.7 Å². The number of rotatable bonds is 8. The number of aryl methyl sites for hydroxylation is 2. The summed E-state index contributed by atoms with van der Waals surface area (Å²) in [4.78, 5) is 23.1. The lowest BCUT2D eigenvalue weighted by molar-refractivity contribution is 0.0376. The maximum atomic E-state index is 14.0. The molecule has 0 spiro atoms. The van der Waals surface area contributed by atoms with Gasteiger partial charge in [0.05, 0.1) is 34.0 Å². The minimum absolute atomic E-state index is 0. The molecule has 0 N–H and O–H groups in total. The highest BCUT2D eigenvalue weighted by molar-refractivity contribution is 7.92. The zero-order valence-corrected chi connectivity index (χ0v) is 26.2. The van der Waals surface area contributed by atoms with Crippen molar-refractivity contribution in [3.05, 3.63) is 82.9 Å². The molecule has 0 bridgehead atoms. The lowest BCUT2D eigenvalue weighted by Gasteiger charge is -2.27. The summed E-state index contributed by atoms with van der Waals surface area (Å²) in [5, 5.41) is 0.662. The van der Waals surface area contributed by atoms with Gasteiger partial charge < -0.3 is 4.74 Å². The van der Waals surface area contributed by atoms with Gasteiger partial charge in [-0.25, -0.2) is 13.4 Å². The van der Waals surface area contributed by atoms with Gasteiger partial charge in [0.25, 0.3) is 15.9 Å². The maximum absolute atomic E-state index is 14.0. The number of amides is 1. The number of sulfonamides is 1. The van der Waals surface area contributed by atoms with Gasteiger partial charge in [0, 0.05) is 38.3 Å². The largest absolute Gasteiger partial charge is 0.379 e. The molecule has 3 aromatic carbocycles. The lowest BCUT2D eigenvalue weighted by atomic mass is 10.1. The molecule has 42 heavy (non-hydrogen) atoms. The van der Waals surface area contributed by atoms with Crippen molar-refractivity contribution < 1.29 is 17.9 Å². The van der Waals surface area contributed by atoms with Crippen molar-refractivity contribution in [3.8, 4) is 0 Å². The zero-order chi connectivity index (χ0) is 28.6. The van der Waals surface area contributed by atoms with Gasteiger partial charge in [-0.3, -0.25) is 18.9 Å². The van der Waals surface area contributed by atoms with Gasteiger partial charge in [-0.15, -0.1) is 12.4 Å². The number of carbonyl (C=O) groups is 1. The van der Waals surface area contributed by atoms with Gasteiger partial charge in [-0.1, -0.05) is 41.7 Å². The number of carbonyl (C=O) groups excluding carboxylic acids is 1. The van der Waals surface area contributed by atoms with Gasteiger partial charge in [0.2, 0.25) is 0 Å². The molecule has 11 heteroatoms. The maximum Gasteiger partial charge on any atom is 0.264 e. The first-order valence-corrected chi connectivity index (χ1v) is 16.3. The fourth-order valence-electron chi connectivity index (χ4n) is 5.53. The topological polar surface area (TPSA) is 83.0 Å². The smallest absolute Gasteiger partial charge is 0.264 e. The molecule has 6 rings (SSSR count). The third-order valence-corrected chi connectivity index (χ3v) is 10.9. The van der Waals surface area contributed by atoms with Crippen molar-refractivity contribution in [2.24, 2.45) is 0 Å². The molecular weight excluding hydrogens is 592 g/mol. The Bertz CT molecular complexity index is 1650. The molecule has 1 amide bonds. The van der Waals surface area contributed by atoms with Crippen LogP contribution in [0.1, 0.15) is 33.5 Å². The summed E-state index contributed by atoms with van der Waals surface area (Å²) in [5.41, 5.74) is 5.31. The number of aromatic nitrogens is 1. The van der Waals surface area contributed by atoms with E-state index < -0.39 is 10.0 Å². The minimum atomic E-state index is -3.74. The van der Waals surface area contributed by atoms with E-state index in [0.29, 0.717) is 30.2 Å². The van der Waals surface area contributed by atoms with Gasteiger partial charge in [0.15, 0.2) is 5.13 Å². The molecule has 1 fully saturated rings. The second-order valence-corrected chi connectivity index (χ2v) is 13.5. The number of para-hydroxylation sites is 1. The number of morpholine rings is 1. The van der Waals surface area contributed by atoms with Crippen LogP contribution in [0.25, 0.3) is 10.2 Å². The monoisotopic (exact) mass is 626 g/mol. The molecule has 8 nitrogen and oxygen atoms in total. The molecule has 0 saturated carbocycles. The first-order chi connectivity index (χ1) is 19.8. The molecule has 1 saturated heterocycles. The highest BCUT2D eigenvalue weighted by Gasteiger charge is 2.31. The molecule has 0 unspecified atom stereocenters. The molecule has 4 aromatic rings. The summed E-state index contributed by atoms with van der Waals surface area (Å²) in [6.45, 7) is 9.14. The van der Waals surface area contributed by atoms with E-state index in [2.05, 4.69) is 24.0 Å². The fraction of sp³-hybridized carbons (Fsp3) is 0.355. The summed E-state index contributed by atoms with van der Waals surface area (Å²) in [6.07, 6.45) is 1.48. The van der Waals surface area contributed by atoms with E-state index in [1.165, 1.54) is 15.6 Å². The second kappa shape index (κ2) is 12.7. The number of anilines is 2. The Morgan fingerprint density at radius 2 is 1.69 bits per heavy atom. The normalized spacial score (nSPS) is 15.4. The Balaban J connectivity index is 0.00000353. The van der Waals surface area contributed by atoms with Crippen LogP contribution in [0.15, 0.2) is 65.6 Å². The number of hydrogen-bond donors (Lipinski definition) is 0. The summed E-state index contributed by atoms with van der Waals surface area (Å²) in [7, 11) is -3.74. The third-order valence-electron chi connectivity index (χ3n) is 7.90. The average molecular weight is 627 g/mol. The predicted molar refractivity (Wildman–Crippen MR) is 171 cm³/mol. The molecule has 222 valence electrons. The van der Waals surface area contributed by atoms with Crippen LogP contribution in [0.4, 0.5) is 10.8 Å². The minimum Gasteiger partial charge on any atom is -0.379 e. The SMILES string of the molecule is Cc1ccc(C)c2sc(N(CCCN3CCOCC3)C(=O)c3ccc(S(=O)(=O)N4CCc5ccccc54)cc3)nc12.Cl. The number of fused-ring (bicyclic) bond motifs is 2. The molecule has 0 aliphatic carbocycles. The Labute approximate surface area is 257 Å². The van der Waals surface area contributed by atoms with E-state index in [0.717, 1.165) is 71.9 Å². The second-order valence-electron chi connectivity index (χ2n) is 10.6. The average Bonchev–Trinajstić information content (AvgIpc) is 3.64. The quantitative estimate of drug-likeness (QED) is 0.259. The standard InChI is InChI=1S/C31H34N4O4S2.ClH/c1-22-8-9-23(2)29-28(22)32-31(40-29)34(16-5-15-33-18-20-39-21-19-33)30(36)25-10-12-26(13-11-25)41(37,38)35-17-14-24-6-3-4-7-27(24)35;/h3-4,6-13H,5,14-21H2,1-2H3;1H. The third kappa shape index (κ3) is 5.91. The number of hydrogen-bond acceptors (Lipinski definition) is 7. The number of ether oxygens (including phenoxy) is 1. The van der Waals surface area contributed by atoms with Crippen molar-refractivity contribution in [1.82, 2.24) is 9.88 Å². The molecule has 2 aliphatic heterocycles. The van der Waals surface area contributed by atoms with Crippen molar-refractivity contribution in [1.29, 1.82) is 0 Å². The van der Waals surface area contributed by atoms with E-state index in [4.69, 9.17) is 9.72 Å². The number of halogens is 1. The molecule has 2 aliphatic rings. The van der Waals surface area contributed by atoms with Crippen molar-refractivity contribution in [3.63, 3.8) is 0 Å². The predicted octanol–water partition coefficient (Wildman–Crippen LogP) is 5.46. The van der Waals surface area contributed by atoms with Crippen LogP contribution in [-0.4, -0.2) is 70.1 Å². The summed E-state index contributed by atoms with van der Waals surface area (Å²) < 4.78 is 35.0. The van der Waals surface area contributed by atoms with Gasteiger partial charge >= 0.3 is 0 Å². The molecule has 3 heterocycles. The van der Waals surface area contributed by atoms with Crippen molar-refractivity contribution in [2.75, 3.05) is 55.1 Å². The van der Waals surface area contributed by atoms with E-state index in [1.807, 2.05) is 31.2 Å². The number of benzene rings is 3. The molecule has 0 radical (unpaired) electrons. The molecule has 0 atom stereocenters. The Morgan fingerprint density at radius 3 is 2.43 bits per heavy atom. The molecular formula is C31H35ClN4O4S2. The first kappa shape index (κ1) is 30.4. The van der Waals surface area contributed by atoms with Crippen LogP contribution in [0.3, 0.4) is 0 Å². The van der Waals surface area contributed by atoms with Crippen LogP contribution >= 0.6 is 23.7 Å². The van der Waals surface area contributed by atoms with E-state index in [1.54, 1.807) is 29.2 Å². The van der Waals surface area contributed by atoms with Crippen LogP contribution < -0.4 is 9.21 Å². The highest BCUT2D eigenvalue weighted by atomic mass is 35.5. The van der Waals surface area contributed by atoms with Crippen LogP contribution in [-0.2, 0) is 21.2 Å².